The van der Waals surface area contributed by atoms with Crippen molar-refractivity contribution in [2.24, 2.45) is 0 Å². The molecule has 0 aromatic carbocycles. The van der Waals surface area contributed by atoms with Crippen LogP contribution in [0.4, 0.5) is 0 Å². The van der Waals surface area contributed by atoms with Crippen molar-refractivity contribution in [1.82, 2.24) is 0 Å². The molecule has 0 amide bonds. The molecule has 1 atom stereocenters. The van der Waals surface area contributed by atoms with Gasteiger partial charge in [-0.05, 0) is 6.42 Å². The molecule has 0 aliphatic rings. The van der Waals surface area contributed by atoms with E-state index in [1.807, 2.05) is 0 Å². The van der Waals surface area contributed by atoms with E-state index in [1.54, 1.807) is 0 Å². The Hall–Kier alpha value is -0.560. The summed E-state index contributed by atoms with van der Waals surface area (Å²) in [5.41, 5.74) is 0. The molecule has 0 rings (SSSR count). The Balaban J connectivity index is 3.24. The maximum absolute atomic E-state index is 8.81. The molecule has 64 valence electrons. The summed E-state index contributed by atoms with van der Waals surface area (Å²) in [5, 5.41) is 25.6. The fourth-order valence-corrected chi connectivity index (χ4v) is 0.510. The summed E-state index contributed by atoms with van der Waals surface area (Å²) in [6.45, 7) is -0.0914. The van der Waals surface area contributed by atoms with Gasteiger partial charge in [0, 0.05) is 19.4 Å². The lowest BCUT2D eigenvalue weighted by atomic mass is 10.2. The molecule has 0 heterocycles. The summed E-state index contributed by atoms with van der Waals surface area (Å²) in [6, 6.07) is 0. The van der Waals surface area contributed by atoms with Crippen LogP contribution in [0.3, 0.4) is 0 Å². The van der Waals surface area contributed by atoms with Crippen LogP contribution in [0.5, 0.6) is 0 Å². The first kappa shape index (κ1) is 10.4. The predicted molar refractivity (Wildman–Crippen MR) is 41.8 cm³/mol. The van der Waals surface area contributed by atoms with Crippen LogP contribution in [-0.4, -0.2) is 34.6 Å². The zero-order chi connectivity index (χ0) is 8.53. The van der Waals surface area contributed by atoms with Crippen molar-refractivity contribution in [2.75, 3.05) is 13.2 Å². The van der Waals surface area contributed by atoms with E-state index >= 15 is 0 Å². The molecule has 0 saturated heterocycles. The van der Waals surface area contributed by atoms with Gasteiger partial charge in [0.15, 0.2) is 0 Å². The first-order chi connectivity index (χ1) is 5.31. The van der Waals surface area contributed by atoms with Gasteiger partial charge < -0.3 is 15.3 Å². The van der Waals surface area contributed by atoms with Crippen LogP contribution in [-0.2, 0) is 0 Å². The van der Waals surface area contributed by atoms with Crippen LogP contribution < -0.4 is 0 Å². The molecule has 0 aromatic heterocycles. The molecule has 0 aliphatic heterocycles. The average Bonchev–Trinajstić information content (AvgIpc) is 2.04. The number of hydrogen-bond acceptors (Lipinski definition) is 3. The zero-order valence-corrected chi connectivity index (χ0v) is 6.45. The molecular weight excluding hydrogens is 144 g/mol. The third kappa shape index (κ3) is 7.34. The van der Waals surface area contributed by atoms with E-state index in [9.17, 15) is 0 Å². The maximum Gasteiger partial charge on any atom is 0.0879 e. The van der Waals surface area contributed by atoms with E-state index in [4.69, 9.17) is 15.3 Å². The van der Waals surface area contributed by atoms with E-state index in [0.29, 0.717) is 19.3 Å². The van der Waals surface area contributed by atoms with Gasteiger partial charge in [0.1, 0.15) is 0 Å². The van der Waals surface area contributed by atoms with Gasteiger partial charge in [-0.25, -0.2) is 0 Å². The highest BCUT2D eigenvalue weighted by Gasteiger charge is 1.95. The predicted octanol–water partition coefficient (Wildman–Crippen LogP) is -0.494. The molecule has 0 aliphatic carbocycles. The van der Waals surface area contributed by atoms with Crippen molar-refractivity contribution in [2.45, 2.75) is 25.4 Å². The third-order valence-corrected chi connectivity index (χ3v) is 1.13. The van der Waals surface area contributed by atoms with E-state index in [-0.39, 0.29) is 13.2 Å². The van der Waals surface area contributed by atoms with Gasteiger partial charge >= 0.3 is 0 Å². The second-order valence-corrected chi connectivity index (χ2v) is 2.22. The molecule has 3 N–H and O–H groups in total. The molecule has 0 saturated carbocycles. The lowest BCUT2D eigenvalue weighted by Gasteiger charge is -1.98. The van der Waals surface area contributed by atoms with Crippen molar-refractivity contribution in [3.05, 3.63) is 0 Å². The minimum absolute atomic E-state index is 0.150. The second-order valence-electron chi connectivity index (χ2n) is 2.22. The highest BCUT2D eigenvalue weighted by Crippen LogP contribution is 1.88. The Kier molecular flexibility index (Phi) is 7.16. The SMILES string of the molecule is OCCCC#CCC(O)CO. The number of unbranched alkanes of at least 4 members (excludes halogenated alkanes) is 1. The van der Waals surface area contributed by atoms with Crippen LogP contribution in [0, 0.1) is 11.8 Å². The summed E-state index contributed by atoms with van der Waals surface area (Å²) >= 11 is 0. The van der Waals surface area contributed by atoms with Gasteiger partial charge in [-0.2, -0.15) is 0 Å². The van der Waals surface area contributed by atoms with Crippen LogP contribution >= 0.6 is 0 Å². The van der Waals surface area contributed by atoms with Crippen LogP contribution in [0.25, 0.3) is 0 Å². The van der Waals surface area contributed by atoms with Crippen molar-refractivity contribution in [3.63, 3.8) is 0 Å². The Morgan fingerprint density at radius 3 is 2.45 bits per heavy atom. The summed E-state index contributed by atoms with van der Waals surface area (Å²) in [6.07, 6.45) is 0.898. The summed E-state index contributed by atoms with van der Waals surface area (Å²) < 4.78 is 0. The fraction of sp³-hybridized carbons (Fsp3) is 0.750. The van der Waals surface area contributed by atoms with Gasteiger partial charge in [0.05, 0.1) is 12.7 Å². The van der Waals surface area contributed by atoms with E-state index in [1.165, 1.54) is 0 Å². The number of rotatable bonds is 4. The molecule has 3 nitrogen and oxygen atoms in total. The topological polar surface area (TPSA) is 60.7 Å². The Labute approximate surface area is 66.7 Å². The smallest absolute Gasteiger partial charge is 0.0879 e. The molecule has 0 aromatic rings. The van der Waals surface area contributed by atoms with E-state index in [2.05, 4.69) is 11.8 Å². The molecule has 1 unspecified atom stereocenters. The quantitative estimate of drug-likeness (QED) is 0.382. The molecule has 0 fully saturated rings. The number of hydrogen-bond donors (Lipinski definition) is 3. The lowest BCUT2D eigenvalue weighted by molar-refractivity contribution is 0.0992. The summed E-state index contributed by atoms with van der Waals surface area (Å²) in [4.78, 5) is 0. The van der Waals surface area contributed by atoms with Gasteiger partial charge in [-0.1, -0.05) is 0 Å². The van der Waals surface area contributed by atoms with Crippen molar-refractivity contribution >= 4 is 0 Å². The van der Waals surface area contributed by atoms with Crippen LogP contribution in [0.1, 0.15) is 19.3 Å². The zero-order valence-electron chi connectivity index (χ0n) is 6.45. The minimum atomic E-state index is -0.725. The highest BCUT2D eigenvalue weighted by molar-refractivity contribution is 4.99. The average molecular weight is 158 g/mol. The van der Waals surface area contributed by atoms with Crippen LogP contribution in [0.15, 0.2) is 0 Å². The highest BCUT2D eigenvalue weighted by atomic mass is 16.3. The van der Waals surface area contributed by atoms with Crippen molar-refractivity contribution in [1.29, 1.82) is 0 Å². The van der Waals surface area contributed by atoms with Gasteiger partial charge in [0.2, 0.25) is 0 Å². The Morgan fingerprint density at radius 2 is 1.91 bits per heavy atom. The summed E-state index contributed by atoms with van der Waals surface area (Å²) in [7, 11) is 0. The monoisotopic (exact) mass is 158 g/mol. The normalized spacial score (nSPS) is 11.9. The molecule has 0 spiro atoms. The number of aliphatic hydroxyl groups excluding tert-OH is 3. The molecule has 0 bridgehead atoms. The first-order valence-electron chi connectivity index (χ1n) is 3.66. The maximum atomic E-state index is 8.81. The van der Waals surface area contributed by atoms with Crippen molar-refractivity contribution in [3.8, 4) is 11.8 Å². The van der Waals surface area contributed by atoms with E-state index in [0.717, 1.165) is 0 Å². The van der Waals surface area contributed by atoms with Gasteiger partial charge in [-0.15, -0.1) is 11.8 Å². The largest absolute Gasteiger partial charge is 0.396 e. The summed E-state index contributed by atoms with van der Waals surface area (Å²) in [5.74, 6) is 5.47. The third-order valence-electron chi connectivity index (χ3n) is 1.13. The second kappa shape index (κ2) is 7.55. The fourth-order valence-electron chi connectivity index (χ4n) is 0.510. The lowest BCUT2D eigenvalue weighted by Crippen LogP contribution is -2.09. The number of aliphatic hydroxyl groups is 3. The minimum Gasteiger partial charge on any atom is -0.396 e. The molecule has 11 heavy (non-hydrogen) atoms. The standard InChI is InChI=1S/C8H14O3/c9-6-4-2-1-3-5-8(11)7-10/h8-11H,2,4-7H2. The first-order valence-corrected chi connectivity index (χ1v) is 3.66. The Morgan fingerprint density at radius 1 is 1.18 bits per heavy atom. The van der Waals surface area contributed by atoms with Gasteiger partial charge in [-0.3, -0.25) is 0 Å². The molecule has 3 heteroatoms. The van der Waals surface area contributed by atoms with E-state index < -0.39 is 6.10 Å². The van der Waals surface area contributed by atoms with Gasteiger partial charge in [0.25, 0.3) is 0 Å². The molecule has 0 radical (unpaired) electrons. The van der Waals surface area contributed by atoms with Crippen LogP contribution in [0.2, 0.25) is 0 Å². The van der Waals surface area contributed by atoms with Crippen molar-refractivity contribution < 1.29 is 15.3 Å². The molecular formula is C8H14O3. The Bertz CT molecular complexity index is 134.